The SMILES string of the molecule is CN=C(NCCCN(C)CC(F)(F)F)Nc1ccc(OC)c(OC)c1. The second-order valence-corrected chi connectivity index (χ2v) is 5.40. The molecule has 0 saturated heterocycles. The maximum atomic E-state index is 12.3. The summed E-state index contributed by atoms with van der Waals surface area (Å²) in [6.45, 7) is -0.0827. The molecule has 0 bridgehead atoms. The summed E-state index contributed by atoms with van der Waals surface area (Å²) in [6, 6.07) is 5.34. The minimum atomic E-state index is -4.17. The summed E-state index contributed by atoms with van der Waals surface area (Å²) in [7, 11) is 6.17. The Bertz CT molecular complexity index is 565. The van der Waals surface area contributed by atoms with Gasteiger partial charge in [0.25, 0.3) is 0 Å². The van der Waals surface area contributed by atoms with Crippen LogP contribution < -0.4 is 20.1 Å². The fourth-order valence-corrected chi connectivity index (χ4v) is 2.17. The van der Waals surface area contributed by atoms with E-state index in [-0.39, 0.29) is 0 Å². The second kappa shape index (κ2) is 9.97. The lowest BCUT2D eigenvalue weighted by Gasteiger charge is -2.19. The maximum Gasteiger partial charge on any atom is 0.401 e. The summed E-state index contributed by atoms with van der Waals surface area (Å²) in [5.41, 5.74) is 0.750. The van der Waals surface area contributed by atoms with E-state index in [0.29, 0.717) is 37.0 Å². The monoisotopic (exact) mass is 362 g/mol. The van der Waals surface area contributed by atoms with Crippen LogP contribution in [0.1, 0.15) is 6.42 Å². The topological polar surface area (TPSA) is 58.1 Å². The first-order valence-corrected chi connectivity index (χ1v) is 7.74. The molecule has 1 aromatic carbocycles. The van der Waals surface area contributed by atoms with Crippen LogP contribution in [0.2, 0.25) is 0 Å². The van der Waals surface area contributed by atoms with Crippen LogP contribution in [0.3, 0.4) is 0 Å². The Morgan fingerprint density at radius 3 is 2.44 bits per heavy atom. The molecule has 0 saturated carbocycles. The van der Waals surface area contributed by atoms with Gasteiger partial charge in [0.1, 0.15) is 0 Å². The van der Waals surface area contributed by atoms with Crippen molar-refractivity contribution in [2.24, 2.45) is 4.99 Å². The first-order valence-electron chi connectivity index (χ1n) is 7.74. The normalized spacial score (nSPS) is 12.2. The summed E-state index contributed by atoms with van der Waals surface area (Å²) in [4.78, 5) is 5.33. The summed E-state index contributed by atoms with van der Waals surface area (Å²) in [5.74, 6) is 1.71. The van der Waals surface area contributed by atoms with Crippen molar-refractivity contribution in [2.45, 2.75) is 12.6 Å². The van der Waals surface area contributed by atoms with Crippen LogP contribution in [0.15, 0.2) is 23.2 Å². The lowest BCUT2D eigenvalue weighted by molar-refractivity contribution is -0.143. The third kappa shape index (κ3) is 7.97. The van der Waals surface area contributed by atoms with Gasteiger partial charge in [0.15, 0.2) is 17.5 Å². The number of rotatable bonds is 8. The molecular formula is C16H25F3N4O2. The smallest absolute Gasteiger partial charge is 0.401 e. The molecule has 0 unspecified atom stereocenters. The molecule has 6 nitrogen and oxygen atoms in total. The molecule has 0 heterocycles. The van der Waals surface area contributed by atoms with Gasteiger partial charge in [0.05, 0.1) is 20.8 Å². The van der Waals surface area contributed by atoms with E-state index < -0.39 is 12.7 Å². The van der Waals surface area contributed by atoms with Crippen molar-refractivity contribution in [3.8, 4) is 11.5 Å². The fourth-order valence-electron chi connectivity index (χ4n) is 2.17. The molecule has 0 aliphatic carbocycles. The predicted molar refractivity (Wildman–Crippen MR) is 92.7 cm³/mol. The van der Waals surface area contributed by atoms with Crippen molar-refractivity contribution in [3.05, 3.63) is 18.2 Å². The Labute approximate surface area is 146 Å². The van der Waals surface area contributed by atoms with Gasteiger partial charge in [-0.05, 0) is 32.1 Å². The number of nitrogens with one attached hydrogen (secondary N) is 2. The number of aliphatic imine (C=N–C) groups is 1. The van der Waals surface area contributed by atoms with Gasteiger partial charge >= 0.3 is 6.18 Å². The highest BCUT2D eigenvalue weighted by atomic mass is 19.4. The molecule has 0 spiro atoms. The number of benzene rings is 1. The number of hydrogen-bond acceptors (Lipinski definition) is 4. The van der Waals surface area contributed by atoms with Crippen molar-refractivity contribution in [1.29, 1.82) is 0 Å². The van der Waals surface area contributed by atoms with E-state index in [4.69, 9.17) is 9.47 Å². The molecule has 0 radical (unpaired) electrons. The summed E-state index contributed by atoms with van der Waals surface area (Å²) < 4.78 is 47.2. The minimum Gasteiger partial charge on any atom is -0.493 e. The lowest BCUT2D eigenvalue weighted by atomic mass is 10.2. The first-order chi connectivity index (χ1) is 11.8. The number of ether oxygens (including phenoxy) is 2. The highest BCUT2D eigenvalue weighted by Crippen LogP contribution is 2.29. The van der Waals surface area contributed by atoms with Gasteiger partial charge in [-0.15, -0.1) is 0 Å². The van der Waals surface area contributed by atoms with Crippen LogP contribution in [0.25, 0.3) is 0 Å². The molecule has 0 atom stereocenters. The Morgan fingerprint density at radius 1 is 1.20 bits per heavy atom. The van der Waals surface area contributed by atoms with E-state index in [1.807, 2.05) is 6.07 Å². The highest BCUT2D eigenvalue weighted by Gasteiger charge is 2.28. The van der Waals surface area contributed by atoms with E-state index in [9.17, 15) is 13.2 Å². The molecule has 142 valence electrons. The molecule has 1 aromatic rings. The average Bonchev–Trinajstić information content (AvgIpc) is 2.55. The van der Waals surface area contributed by atoms with Crippen molar-refractivity contribution in [2.75, 3.05) is 53.3 Å². The van der Waals surface area contributed by atoms with E-state index in [1.54, 1.807) is 33.4 Å². The van der Waals surface area contributed by atoms with Crippen molar-refractivity contribution < 1.29 is 22.6 Å². The molecule has 0 aromatic heterocycles. The van der Waals surface area contributed by atoms with E-state index >= 15 is 0 Å². The van der Waals surface area contributed by atoms with Crippen LogP contribution in [0.4, 0.5) is 18.9 Å². The Hall–Kier alpha value is -2.16. The molecule has 1 rings (SSSR count). The summed E-state index contributed by atoms with van der Waals surface area (Å²) in [6.07, 6.45) is -3.62. The van der Waals surface area contributed by atoms with Gasteiger partial charge in [0.2, 0.25) is 0 Å². The van der Waals surface area contributed by atoms with E-state index in [1.165, 1.54) is 11.9 Å². The number of guanidine groups is 1. The third-order valence-electron chi connectivity index (χ3n) is 3.33. The number of methoxy groups -OCH3 is 2. The van der Waals surface area contributed by atoms with Crippen molar-refractivity contribution in [1.82, 2.24) is 10.2 Å². The van der Waals surface area contributed by atoms with Gasteiger partial charge in [-0.2, -0.15) is 13.2 Å². The molecule has 25 heavy (non-hydrogen) atoms. The number of hydrogen-bond donors (Lipinski definition) is 2. The third-order valence-corrected chi connectivity index (χ3v) is 3.33. The number of anilines is 1. The Morgan fingerprint density at radius 2 is 1.88 bits per heavy atom. The fraction of sp³-hybridized carbons (Fsp3) is 0.562. The zero-order chi connectivity index (χ0) is 18.9. The largest absolute Gasteiger partial charge is 0.493 e. The predicted octanol–water partition coefficient (Wildman–Crippen LogP) is 2.58. The van der Waals surface area contributed by atoms with Crippen molar-refractivity contribution >= 4 is 11.6 Å². The lowest BCUT2D eigenvalue weighted by Crippen LogP contribution is -2.35. The Kier molecular flexibility index (Phi) is 8.33. The first kappa shape index (κ1) is 20.9. The minimum absolute atomic E-state index is 0.333. The van der Waals surface area contributed by atoms with Gasteiger partial charge in [-0.3, -0.25) is 9.89 Å². The molecule has 0 aliphatic heterocycles. The van der Waals surface area contributed by atoms with Gasteiger partial charge in [-0.1, -0.05) is 0 Å². The van der Waals surface area contributed by atoms with Crippen LogP contribution in [0.5, 0.6) is 11.5 Å². The molecule has 0 amide bonds. The van der Waals surface area contributed by atoms with Crippen LogP contribution in [-0.4, -0.2) is 65.0 Å². The molecular weight excluding hydrogens is 337 g/mol. The molecule has 2 N–H and O–H groups in total. The zero-order valence-electron chi connectivity index (χ0n) is 14.9. The Balaban J connectivity index is 2.45. The van der Waals surface area contributed by atoms with E-state index in [0.717, 1.165) is 5.69 Å². The van der Waals surface area contributed by atoms with Crippen LogP contribution in [0, 0.1) is 0 Å². The van der Waals surface area contributed by atoms with Crippen LogP contribution in [-0.2, 0) is 0 Å². The molecule has 0 fully saturated rings. The molecule has 9 heteroatoms. The highest BCUT2D eigenvalue weighted by molar-refractivity contribution is 5.93. The average molecular weight is 362 g/mol. The van der Waals surface area contributed by atoms with Crippen LogP contribution >= 0.6 is 0 Å². The standard InChI is InChI=1S/C16H25F3N4O2/c1-20-15(21-8-5-9-23(2)11-16(17,18)19)22-12-6-7-13(24-3)14(10-12)25-4/h6-7,10H,5,8-9,11H2,1-4H3,(H2,20,21,22). The summed E-state index contributed by atoms with van der Waals surface area (Å²) in [5, 5.41) is 6.15. The second-order valence-electron chi connectivity index (χ2n) is 5.40. The number of nitrogens with zero attached hydrogens (tertiary/aromatic N) is 2. The van der Waals surface area contributed by atoms with E-state index in [2.05, 4.69) is 15.6 Å². The number of halogens is 3. The van der Waals surface area contributed by atoms with Gasteiger partial charge in [0, 0.05) is 25.3 Å². The van der Waals surface area contributed by atoms with Gasteiger partial charge < -0.3 is 20.1 Å². The quantitative estimate of drug-likeness (QED) is 0.423. The van der Waals surface area contributed by atoms with Gasteiger partial charge in [-0.25, -0.2) is 0 Å². The maximum absolute atomic E-state index is 12.3. The zero-order valence-corrected chi connectivity index (χ0v) is 14.9. The summed E-state index contributed by atoms with van der Waals surface area (Å²) >= 11 is 0. The molecule has 0 aliphatic rings. The number of alkyl halides is 3. The van der Waals surface area contributed by atoms with Crippen molar-refractivity contribution in [3.63, 3.8) is 0 Å².